The maximum Gasteiger partial charge on any atom is 0.234 e. The number of halogens is 1. The summed E-state index contributed by atoms with van der Waals surface area (Å²) in [7, 11) is 0. The zero-order chi connectivity index (χ0) is 14.5. The Morgan fingerprint density at radius 1 is 1.25 bits per heavy atom. The minimum atomic E-state index is -0.0442. The zero-order valence-electron chi connectivity index (χ0n) is 11.0. The molecule has 0 heterocycles. The van der Waals surface area contributed by atoms with Crippen molar-refractivity contribution in [1.82, 2.24) is 0 Å². The maximum absolute atomic E-state index is 11.9. The lowest BCUT2D eigenvalue weighted by Crippen LogP contribution is -2.14. The molecule has 2 rings (SSSR count). The van der Waals surface area contributed by atoms with Gasteiger partial charge in [-0.15, -0.1) is 11.8 Å². The average molecular weight is 307 g/mol. The number of amides is 1. The second-order valence-electron chi connectivity index (χ2n) is 4.37. The Labute approximate surface area is 127 Å². The SMILES string of the molecule is Cc1cc(Cl)ccc1NC(=O)CSc1ccc(N)cc1. The summed E-state index contributed by atoms with van der Waals surface area (Å²) < 4.78 is 0. The van der Waals surface area contributed by atoms with Crippen molar-refractivity contribution in [3.8, 4) is 0 Å². The van der Waals surface area contributed by atoms with E-state index >= 15 is 0 Å². The number of aryl methyl sites for hydroxylation is 1. The maximum atomic E-state index is 11.9. The standard InChI is InChI=1S/C15H15ClN2OS/c1-10-8-11(16)2-7-14(10)18-15(19)9-20-13-5-3-12(17)4-6-13/h2-8H,9,17H2,1H3,(H,18,19). The molecule has 3 N–H and O–H groups in total. The molecule has 0 aromatic heterocycles. The van der Waals surface area contributed by atoms with E-state index in [1.165, 1.54) is 11.8 Å². The number of rotatable bonds is 4. The van der Waals surface area contributed by atoms with Crippen molar-refractivity contribution >= 4 is 40.6 Å². The van der Waals surface area contributed by atoms with Crippen molar-refractivity contribution in [2.75, 3.05) is 16.8 Å². The van der Waals surface area contributed by atoms with Crippen molar-refractivity contribution in [1.29, 1.82) is 0 Å². The lowest BCUT2D eigenvalue weighted by atomic mass is 10.2. The largest absolute Gasteiger partial charge is 0.399 e. The molecule has 0 radical (unpaired) electrons. The van der Waals surface area contributed by atoms with E-state index in [2.05, 4.69) is 5.32 Å². The van der Waals surface area contributed by atoms with Crippen molar-refractivity contribution in [3.63, 3.8) is 0 Å². The van der Waals surface area contributed by atoms with Crippen LogP contribution in [0, 0.1) is 6.92 Å². The Morgan fingerprint density at radius 2 is 1.95 bits per heavy atom. The summed E-state index contributed by atoms with van der Waals surface area (Å²) in [5.74, 6) is 0.309. The first kappa shape index (κ1) is 14.8. The minimum Gasteiger partial charge on any atom is -0.399 e. The quantitative estimate of drug-likeness (QED) is 0.664. The molecule has 2 aromatic rings. The summed E-state index contributed by atoms with van der Waals surface area (Å²) in [6, 6.07) is 12.8. The third kappa shape index (κ3) is 4.18. The van der Waals surface area contributed by atoms with Gasteiger partial charge in [0.25, 0.3) is 0 Å². The van der Waals surface area contributed by atoms with E-state index in [-0.39, 0.29) is 5.91 Å². The molecule has 1 amide bonds. The highest BCUT2D eigenvalue weighted by Gasteiger charge is 2.06. The van der Waals surface area contributed by atoms with Crippen molar-refractivity contribution in [2.24, 2.45) is 0 Å². The number of hydrogen-bond acceptors (Lipinski definition) is 3. The molecule has 0 bridgehead atoms. The van der Waals surface area contributed by atoms with E-state index in [4.69, 9.17) is 17.3 Å². The summed E-state index contributed by atoms with van der Waals surface area (Å²) in [6.07, 6.45) is 0. The van der Waals surface area contributed by atoms with E-state index in [0.29, 0.717) is 10.8 Å². The van der Waals surface area contributed by atoms with Gasteiger partial charge >= 0.3 is 0 Å². The molecular formula is C15H15ClN2OS. The third-order valence-electron chi connectivity index (χ3n) is 2.71. The predicted molar refractivity (Wildman–Crippen MR) is 86.4 cm³/mol. The number of nitrogen functional groups attached to an aromatic ring is 1. The van der Waals surface area contributed by atoms with Crippen LogP contribution in [0.2, 0.25) is 5.02 Å². The van der Waals surface area contributed by atoms with Gasteiger partial charge in [-0.2, -0.15) is 0 Å². The van der Waals surface area contributed by atoms with Crippen molar-refractivity contribution in [2.45, 2.75) is 11.8 Å². The Kier molecular flexibility index (Phi) is 4.93. The molecular weight excluding hydrogens is 292 g/mol. The molecule has 2 aromatic carbocycles. The first-order chi connectivity index (χ1) is 9.54. The van der Waals surface area contributed by atoms with Gasteiger partial charge in [-0.25, -0.2) is 0 Å². The van der Waals surface area contributed by atoms with Gasteiger partial charge in [-0.05, 0) is 55.0 Å². The van der Waals surface area contributed by atoms with Crippen LogP contribution in [0.3, 0.4) is 0 Å². The van der Waals surface area contributed by atoms with Crippen LogP contribution in [-0.2, 0) is 4.79 Å². The molecule has 0 aliphatic heterocycles. The van der Waals surface area contributed by atoms with Gasteiger partial charge in [0.05, 0.1) is 5.75 Å². The van der Waals surface area contributed by atoms with E-state index < -0.39 is 0 Å². The van der Waals surface area contributed by atoms with E-state index in [1.54, 1.807) is 6.07 Å². The van der Waals surface area contributed by atoms with E-state index in [0.717, 1.165) is 21.8 Å². The molecule has 0 fully saturated rings. The third-order valence-corrected chi connectivity index (χ3v) is 3.96. The molecule has 0 aliphatic carbocycles. The minimum absolute atomic E-state index is 0.0442. The summed E-state index contributed by atoms with van der Waals surface area (Å²) in [5.41, 5.74) is 8.07. The molecule has 20 heavy (non-hydrogen) atoms. The normalized spacial score (nSPS) is 10.3. The number of nitrogens with one attached hydrogen (secondary N) is 1. The number of carbonyl (C=O) groups excluding carboxylic acids is 1. The Hall–Kier alpha value is -1.65. The van der Waals surface area contributed by atoms with Crippen LogP contribution >= 0.6 is 23.4 Å². The number of nitrogens with two attached hydrogens (primary N) is 1. The van der Waals surface area contributed by atoms with Crippen molar-refractivity contribution in [3.05, 3.63) is 53.1 Å². The molecule has 0 unspecified atom stereocenters. The van der Waals surface area contributed by atoms with Crippen LogP contribution in [0.15, 0.2) is 47.4 Å². The fraction of sp³-hybridized carbons (Fsp3) is 0.133. The molecule has 104 valence electrons. The van der Waals surface area contributed by atoms with Gasteiger partial charge in [0, 0.05) is 21.3 Å². The molecule has 0 aliphatic rings. The Morgan fingerprint density at radius 3 is 2.60 bits per heavy atom. The first-order valence-electron chi connectivity index (χ1n) is 6.09. The lowest BCUT2D eigenvalue weighted by molar-refractivity contribution is -0.113. The van der Waals surface area contributed by atoms with Gasteiger partial charge in [0.1, 0.15) is 0 Å². The van der Waals surface area contributed by atoms with Gasteiger partial charge in [0.15, 0.2) is 0 Å². The van der Waals surface area contributed by atoms with Gasteiger partial charge in [-0.3, -0.25) is 4.79 Å². The number of hydrogen-bond donors (Lipinski definition) is 2. The fourth-order valence-corrected chi connectivity index (χ4v) is 2.59. The highest BCUT2D eigenvalue weighted by molar-refractivity contribution is 8.00. The summed E-state index contributed by atoms with van der Waals surface area (Å²) in [5, 5.41) is 3.54. The van der Waals surface area contributed by atoms with Crippen LogP contribution in [-0.4, -0.2) is 11.7 Å². The second kappa shape index (κ2) is 6.68. The number of anilines is 2. The molecule has 5 heteroatoms. The van der Waals surface area contributed by atoms with Crippen LogP contribution in [0.1, 0.15) is 5.56 Å². The summed E-state index contributed by atoms with van der Waals surface area (Å²) in [4.78, 5) is 12.9. The predicted octanol–water partition coefficient (Wildman–Crippen LogP) is 3.96. The lowest BCUT2D eigenvalue weighted by Gasteiger charge is -2.08. The van der Waals surface area contributed by atoms with Crippen molar-refractivity contribution < 1.29 is 4.79 Å². The number of thioether (sulfide) groups is 1. The fourth-order valence-electron chi connectivity index (χ4n) is 1.67. The molecule has 0 saturated heterocycles. The second-order valence-corrected chi connectivity index (χ2v) is 5.85. The summed E-state index contributed by atoms with van der Waals surface area (Å²) >= 11 is 7.35. The number of carbonyl (C=O) groups is 1. The first-order valence-corrected chi connectivity index (χ1v) is 7.45. The van der Waals surface area contributed by atoms with Crippen LogP contribution in [0.25, 0.3) is 0 Å². The molecule has 0 saturated carbocycles. The Bertz CT molecular complexity index is 614. The molecule has 3 nitrogen and oxygen atoms in total. The van der Waals surface area contributed by atoms with Gasteiger partial charge in [0.2, 0.25) is 5.91 Å². The highest BCUT2D eigenvalue weighted by Crippen LogP contribution is 2.22. The van der Waals surface area contributed by atoms with Crippen LogP contribution < -0.4 is 11.1 Å². The van der Waals surface area contributed by atoms with Crippen LogP contribution in [0.5, 0.6) is 0 Å². The zero-order valence-corrected chi connectivity index (χ0v) is 12.6. The van der Waals surface area contributed by atoms with Gasteiger partial charge < -0.3 is 11.1 Å². The topological polar surface area (TPSA) is 55.1 Å². The monoisotopic (exact) mass is 306 g/mol. The van der Waals surface area contributed by atoms with Crippen LogP contribution in [0.4, 0.5) is 11.4 Å². The molecule has 0 spiro atoms. The Balaban J connectivity index is 1.90. The van der Waals surface area contributed by atoms with E-state index in [9.17, 15) is 4.79 Å². The smallest absolute Gasteiger partial charge is 0.234 e. The average Bonchev–Trinajstić information content (AvgIpc) is 2.41. The number of benzene rings is 2. The highest BCUT2D eigenvalue weighted by atomic mass is 35.5. The summed E-state index contributed by atoms with van der Waals surface area (Å²) in [6.45, 7) is 1.91. The van der Waals surface area contributed by atoms with Gasteiger partial charge in [-0.1, -0.05) is 11.6 Å². The van der Waals surface area contributed by atoms with E-state index in [1.807, 2.05) is 43.3 Å². The molecule has 0 atom stereocenters.